The standard InChI is InChI=1S/C15H30N2O/c1-4-8-16-14-6-10-18-12-13(14)11-17-9-5-7-15(17,2)3/h13-14,16H,4-12H2,1-3H3. The van der Waals surface area contributed by atoms with E-state index in [-0.39, 0.29) is 0 Å². The summed E-state index contributed by atoms with van der Waals surface area (Å²) in [6, 6.07) is 0.662. The van der Waals surface area contributed by atoms with Crippen LogP contribution in [-0.4, -0.2) is 49.3 Å². The van der Waals surface area contributed by atoms with Crippen molar-refractivity contribution in [1.29, 1.82) is 0 Å². The molecule has 0 amide bonds. The third-order valence-electron chi connectivity index (χ3n) is 4.66. The maximum atomic E-state index is 5.70. The zero-order valence-corrected chi connectivity index (χ0v) is 12.4. The summed E-state index contributed by atoms with van der Waals surface area (Å²) in [5, 5.41) is 3.72. The number of hydrogen-bond donors (Lipinski definition) is 1. The summed E-state index contributed by atoms with van der Waals surface area (Å²) in [5.74, 6) is 0.669. The Balaban J connectivity index is 1.88. The first-order valence-corrected chi connectivity index (χ1v) is 7.69. The van der Waals surface area contributed by atoms with Crippen molar-refractivity contribution in [3.63, 3.8) is 0 Å². The van der Waals surface area contributed by atoms with Crippen molar-refractivity contribution in [2.45, 2.75) is 58.0 Å². The van der Waals surface area contributed by atoms with E-state index in [1.165, 1.54) is 38.8 Å². The molecule has 0 aliphatic carbocycles. The molecule has 2 unspecified atom stereocenters. The van der Waals surface area contributed by atoms with Crippen LogP contribution in [0.2, 0.25) is 0 Å². The minimum absolute atomic E-state index is 0.396. The molecule has 0 bridgehead atoms. The molecule has 18 heavy (non-hydrogen) atoms. The first kappa shape index (κ1) is 14.3. The molecule has 2 rings (SSSR count). The monoisotopic (exact) mass is 254 g/mol. The molecule has 2 aliphatic rings. The summed E-state index contributed by atoms with van der Waals surface area (Å²) in [7, 11) is 0. The Labute approximate surface area is 112 Å². The molecule has 2 atom stereocenters. The number of ether oxygens (including phenoxy) is 1. The van der Waals surface area contributed by atoms with Gasteiger partial charge in [-0.15, -0.1) is 0 Å². The summed E-state index contributed by atoms with van der Waals surface area (Å²) in [6.07, 6.45) is 5.10. The van der Waals surface area contributed by atoms with E-state index in [0.717, 1.165) is 19.8 Å². The quantitative estimate of drug-likeness (QED) is 0.814. The molecule has 2 heterocycles. The minimum atomic E-state index is 0.396. The Morgan fingerprint density at radius 1 is 1.39 bits per heavy atom. The summed E-state index contributed by atoms with van der Waals surface area (Å²) >= 11 is 0. The lowest BCUT2D eigenvalue weighted by atomic mass is 9.93. The predicted octanol–water partition coefficient (Wildman–Crippen LogP) is 2.27. The normalized spacial score (nSPS) is 32.8. The first-order chi connectivity index (χ1) is 8.63. The lowest BCUT2D eigenvalue weighted by Gasteiger charge is -2.39. The Morgan fingerprint density at radius 2 is 2.22 bits per heavy atom. The van der Waals surface area contributed by atoms with Gasteiger partial charge in [-0.25, -0.2) is 0 Å². The molecular weight excluding hydrogens is 224 g/mol. The van der Waals surface area contributed by atoms with Gasteiger partial charge in [0.2, 0.25) is 0 Å². The molecular formula is C15H30N2O. The summed E-state index contributed by atoms with van der Waals surface area (Å²) in [6.45, 7) is 12.5. The van der Waals surface area contributed by atoms with Crippen LogP contribution in [0.3, 0.4) is 0 Å². The summed E-state index contributed by atoms with van der Waals surface area (Å²) in [4.78, 5) is 2.67. The van der Waals surface area contributed by atoms with E-state index in [0.29, 0.717) is 17.5 Å². The minimum Gasteiger partial charge on any atom is -0.381 e. The molecule has 0 radical (unpaired) electrons. The van der Waals surface area contributed by atoms with Gasteiger partial charge in [0.05, 0.1) is 6.61 Å². The fourth-order valence-corrected chi connectivity index (χ4v) is 3.36. The van der Waals surface area contributed by atoms with E-state index >= 15 is 0 Å². The van der Waals surface area contributed by atoms with Crippen molar-refractivity contribution in [3.05, 3.63) is 0 Å². The summed E-state index contributed by atoms with van der Waals surface area (Å²) in [5.41, 5.74) is 0.396. The van der Waals surface area contributed by atoms with Gasteiger partial charge in [-0.1, -0.05) is 6.92 Å². The third-order valence-corrected chi connectivity index (χ3v) is 4.66. The maximum absolute atomic E-state index is 5.70. The molecule has 0 spiro atoms. The van der Waals surface area contributed by atoms with Crippen LogP contribution in [0, 0.1) is 5.92 Å². The molecule has 2 aliphatic heterocycles. The van der Waals surface area contributed by atoms with Crippen LogP contribution in [-0.2, 0) is 4.74 Å². The van der Waals surface area contributed by atoms with Crippen LogP contribution in [0.4, 0.5) is 0 Å². The lowest BCUT2D eigenvalue weighted by molar-refractivity contribution is 0.00758. The van der Waals surface area contributed by atoms with Crippen LogP contribution in [0.5, 0.6) is 0 Å². The Bertz CT molecular complexity index is 255. The Hall–Kier alpha value is -0.120. The van der Waals surface area contributed by atoms with Crippen LogP contribution < -0.4 is 5.32 Å². The Kier molecular flexibility index (Phi) is 5.05. The Morgan fingerprint density at radius 3 is 2.89 bits per heavy atom. The molecule has 0 aromatic carbocycles. The average Bonchev–Trinajstić information content (AvgIpc) is 2.68. The number of nitrogens with zero attached hydrogens (tertiary/aromatic N) is 1. The SMILES string of the molecule is CCCNC1CCOCC1CN1CCCC1(C)C. The van der Waals surface area contributed by atoms with Crippen LogP contribution in [0.25, 0.3) is 0 Å². The fourth-order valence-electron chi connectivity index (χ4n) is 3.36. The number of hydrogen-bond acceptors (Lipinski definition) is 3. The van der Waals surface area contributed by atoms with Crippen LogP contribution in [0.15, 0.2) is 0 Å². The van der Waals surface area contributed by atoms with Crippen LogP contribution >= 0.6 is 0 Å². The smallest absolute Gasteiger partial charge is 0.0521 e. The zero-order chi connectivity index (χ0) is 13.0. The van der Waals surface area contributed by atoms with Crippen molar-refractivity contribution in [3.8, 4) is 0 Å². The van der Waals surface area contributed by atoms with Crippen molar-refractivity contribution in [2.24, 2.45) is 5.92 Å². The second-order valence-corrected chi connectivity index (χ2v) is 6.55. The highest BCUT2D eigenvalue weighted by Gasteiger charge is 2.35. The van der Waals surface area contributed by atoms with Gasteiger partial charge in [-0.3, -0.25) is 4.90 Å². The van der Waals surface area contributed by atoms with E-state index in [9.17, 15) is 0 Å². The summed E-state index contributed by atoms with van der Waals surface area (Å²) < 4.78 is 5.70. The number of rotatable bonds is 5. The van der Waals surface area contributed by atoms with Gasteiger partial charge in [0.1, 0.15) is 0 Å². The predicted molar refractivity (Wildman–Crippen MR) is 75.9 cm³/mol. The average molecular weight is 254 g/mol. The van der Waals surface area contributed by atoms with Crippen molar-refractivity contribution in [2.75, 3.05) is 32.8 Å². The van der Waals surface area contributed by atoms with E-state index in [4.69, 9.17) is 4.74 Å². The highest BCUT2D eigenvalue weighted by Crippen LogP contribution is 2.30. The molecule has 0 saturated carbocycles. The second kappa shape index (κ2) is 6.36. The van der Waals surface area contributed by atoms with E-state index in [1.807, 2.05) is 0 Å². The van der Waals surface area contributed by atoms with E-state index in [1.54, 1.807) is 0 Å². The van der Waals surface area contributed by atoms with Gasteiger partial charge in [0.15, 0.2) is 0 Å². The fraction of sp³-hybridized carbons (Fsp3) is 1.00. The van der Waals surface area contributed by atoms with E-state index in [2.05, 4.69) is 31.0 Å². The van der Waals surface area contributed by atoms with Gasteiger partial charge in [0.25, 0.3) is 0 Å². The zero-order valence-electron chi connectivity index (χ0n) is 12.4. The first-order valence-electron chi connectivity index (χ1n) is 7.69. The van der Waals surface area contributed by atoms with Gasteiger partial charge < -0.3 is 10.1 Å². The molecule has 3 heteroatoms. The number of likely N-dealkylation sites (tertiary alicyclic amines) is 1. The molecule has 2 fully saturated rings. The van der Waals surface area contributed by atoms with Crippen molar-refractivity contribution >= 4 is 0 Å². The van der Waals surface area contributed by atoms with Gasteiger partial charge in [0, 0.05) is 30.7 Å². The lowest BCUT2D eigenvalue weighted by Crippen LogP contribution is -2.50. The molecule has 0 aromatic heterocycles. The molecule has 2 saturated heterocycles. The molecule has 0 aromatic rings. The molecule has 106 valence electrons. The largest absolute Gasteiger partial charge is 0.381 e. The van der Waals surface area contributed by atoms with Crippen molar-refractivity contribution in [1.82, 2.24) is 10.2 Å². The van der Waals surface area contributed by atoms with Gasteiger partial charge >= 0.3 is 0 Å². The van der Waals surface area contributed by atoms with E-state index < -0.39 is 0 Å². The highest BCUT2D eigenvalue weighted by molar-refractivity contribution is 4.91. The molecule has 3 nitrogen and oxygen atoms in total. The second-order valence-electron chi connectivity index (χ2n) is 6.55. The molecule has 1 N–H and O–H groups in total. The highest BCUT2D eigenvalue weighted by atomic mass is 16.5. The van der Waals surface area contributed by atoms with Gasteiger partial charge in [-0.2, -0.15) is 0 Å². The van der Waals surface area contributed by atoms with Crippen molar-refractivity contribution < 1.29 is 4.74 Å². The number of nitrogens with one attached hydrogen (secondary N) is 1. The maximum Gasteiger partial charge on any atom is 0.0521 e. The van der Waals surface area contributed by atoms with Crippen LogP contribution in [0.1, 0.15) is 46.5 Å². The third kappa shape index (κ3) is 3.46. The topological polar surface area (TPSA) is 24.5 Å². The van der Waals surface area contributed by atoms with Gasteiger partial charge in [-0.05, 0) is 52.6 Å².